The summed E-state index contributed by atoms with van der Waals surface area (Å²) in [5, 5.41) is 2.37. The summed E-state index contributed by atoms with van der Waals surface area (Å²) in [5.41, 5.74) is 0. The largest absolute Gasteiger partial charge is 0.353 e. The molecule has 2 unspecified atom stereocenters. The van der Waals surface area contributed by atoms with E-state index in [2.05, 4.69) is 9.84 Å². The van der Waals surface area contributed by atoms with Gasteiger partial charge in [-0.15, -0.1) is 11.6 Å². The first kappa shape index (κ1) is 15.0. The van der Waals surface area contributed by atoms with Crippen molar-refractivity contribution in [3.8, 4) is 0 Å². The molecule has 0 bridgehead atoms. The number of rotatable bonds is 8. The Morgan fingerprint density at radius 3 is 2.87 bits per heavy atom. The highest BCUT2D eigenvalue weighted by atomic mass is 35.5. The first-order chi connectivity index (χ1) is 7.02. The zero-order valence-corrected chi connectivity index (χ0v) is 10.5. The minimum atomic E-state index is -3.67. The molecule has 2 atom stereocenters. The molecule has 0 fully saturated rings. The average Bonchev–Trinajstić information content (AvgIpc) is 2.21. The lowest BCUT2D eigenvalue weighted by molar-refractivity contribution is -0.118. The normalized spacial score (nSPS) is 15.1. The van der Waals surface area contributed by atoms with E-state index in [1.54, 1.807) is 0 Å². The van der Waals surface area contributed by atoms with Gasteiger partial charge in [0, 0.05) is 21.0 Å². The van der Waals surface area contributed by atoms with Gasteiger partial charge in [-0.3, -0.25) is 9.36 Å². The lowest BCUT2D eigenvalue weighted by atomic mass is 10.6. The van der Waals surface area contributed by atoms with Crippen LogP contribution in [0.3, 0.4) is 0 Å². The number of hydrogen-bond acceptors (Lipinski definition) is 4. The first-order valence-corrected chi connectivity index (χ1v) is 8.16. The molecule has 0 saturated carbocycles. The molecule has 0 heterocycles. The van der Waals surface area contributed by atoms with Gasteiger partial charge in [-0.05, 0) is 0 Å². The van der Waals surface area contributed by atoms with Crippen molar-refractivity contribution in [3.05, 3.63) is 0 Å². The highest BCUT2D eigenvalue weighted by Gasteiger charge is 2.17. The number of hydrogen-bond donors (Lipinski definition) is 2. The van der Waals surface area contributed by atoms with Crippen LogP contribution in [0, 0.1) is 0 Å². The summed E-state index contributed by atoms with van der Waals surface area (Å²) in [6, 6.07) is 0. The van der Waals surface area contributed by atoms with Gasteiger partial charge in [0.25, 0.3) is 0 Å². The highest BCUT2D eigenvalue weighted by Crippen LogP contribution is 2.60. The molecular weight excluding hydrogens is 263 g/mol. The van der Waals surface area contributed by atoms with E-state index < -0.39 is 15.6 Å². The molecule has 88 valence electrons. The lowest BCUT2D eigenvalue weighted by Gasteiger charge is -2.10. The predicted molar refractivity (Wildman–Crippen MR) is 58.8 cm³/mol. The Morgan fingerprint density at radius 2 is 2.33 bits per heavy atom. The molecule has 9 heteroatoms. The highest BCUT2D eigenvalue weighted by molar-refractivity contribution is 8.19. The molecule has 0 saturated heterocycles. The molecule has 0 spiro atoms. The van der Waals surface area contributed by atoms with E-state index in [4.69, 9.17) is 16.5 Å². The standard InChI is InChI=1S/C6H12ClNO5P2/c7-5-6(10)8-1-3-13-15(11,12)14-4-2-9/h2,14H,1,3-5H2,(H,8,10)(H,11,12). The summed E-state index contributed by atoms with van der Waals surface area (Å²) < 4.78 is 15.8. The van der Waals surface area contributed by atoms with E-state index in [9.17, 15) is 14.2 Å². The quantitative estimate of drug-likeness (QED) is 0.288. The number of alkyl halides is 1. The molecule has 0 aliphatic carbocycles. The van der Waals surface area contributed by atoms with Crippen LogP contribution in [0.1, 0.15) is 0 Å². The number of halogens is 1. The van der Waals surface area contributed by atoms with Gasteiger partial charge in [0.2, 0.25) is 5.91 Å². The Balaban J connectivity index is 3.61. The summed E-state index contributed by atoms with van der Waals surface area (Å²) in [7, 11) is -4.12. The minimum absolute atomic E-state index is 0.00180. The second kappa shape index (κ2) is 8.20. The number of amides is 1. The molecule has 1 amide bonds. The fraction of sp³-hybridized carbons (Fsp3) is 0.667. The van der Waals surface area contributed by atoms with E-state index in [0.717, 1.165) is 0 Å². The molecule has 0 aliphatic heterocycles. The van der Waals surface area contributed by atoms with Crippen molar-refractivity contribution in [2.24, 2.45) is 0 Å². The van der Waals surface area contributed by atoms with Crippen LogP contribution in [0.15, 0.2) is 0 Å². The molecular formula is C6H12ClNO5P2. The van der Waals surface area contributed by atoms with Gasteiger partial charge in [-0.2, -0.15) is 0 Å². The first-order valence-electron chi connectivity index (χ1n) is 4.00. The van der Waals surface area contributed by atoms with Crippen molar-refractivity contribution in [3.63, 3.8) is 0 Å². The summed E-state index contributed by atoms with van der Waals surface area (Å²) in [6.45, 7) is 0.0317. The maximum Gasteiger partial charge on any atom is 0.344 e. The number of aldehydes is 1. The van der Waals surface area contributed by atoms with Crippen LogP contribution in [0.4, 0.5) is 0 Å². The smallest absolute Gasteiger partial charge is 0.344 e. The number of nitrogens with one attached hydrogen (secondary N) is 1. The third kappa shape index (κ3) is 8.97. The lowest BCUT2D eigenvalue weighted by Crippen LogP contribution is -2.27. The summed E-state index contributed by atoms with van der Waals surface area (Å²) in [5.74, 6) is -0.535. The van der Waals surface area contributed by atoms with Crippen LogP contribution in [0.2, 0.25) is 0 Å². The topological polar surface area (TPSA) is 92.7 Å². The van der Waals surface area contributed by atoms with Crippen LogP contribution < -0.4 is 5.32 Å². The molecule has 2 N–H and O–H groups in total. The molecule has 0 radical (unpaired) electrons. The maximum absolute atomic E-state index is 11.1. The Bertz CT molecular complexity index is 262. The van der Waals surface area contributed by atoms with Crippen molar-refractivity contribution in [2.45, 2.75) is 0 Å². The fourth-order valence-corrected chi connectivity index (χ4v) is 2.90. The second-order valence-electron chi connectivity index (χ2n) is 2.37. The molecule has 0 rings (SSSR count). The van der Waals surface area contributed by atoms with Crippen molar-refractivity contribution < 1.29 is 23.6 Å². The Morgan fingerprint density at radius 1 is 1.67 bits per heavy atom. The Hall–Kier alpha value is 0.0100. The maximum atomic E-state index is 11.1. The SMILES string of the molecule is O=CCPP(=O)(O)OCCNC(=O)CCl. The third-order valence-electron chi connectivity index (χ3n) is 1.19. The van der Waals surface area contributed by atoms with Crippen molar-refractivity contribution >= 4 is 39.3 Å². The van der Waals surface area contributed by atoms with E-state index >= 15 is 0 Å². The molecule has 15 heavy (non-hydrogen) atoms. The Kier molecular flexibility index (Phi) is 8.20. The fourth-order valence-electron chi connectivity index (χ4n) is 0.605. The Labute approximate surface area is 93.9 Å². The van der Waals surface area contributed by atoms with Gasteiger partial charge in [-0.1, -0.05) is 0 Å². The zero-order chi connectivity index (χ0) is 11.7. The van der Waals surface area contributed by atoms with E-state index in [1.807, 2.05) is 0 Å². The van der Waals surface area contributed by atoms with Crippen LogP contribution >= 0.6 is 27.2 Å². The van der Waals surface area contributed by atoms with E-state index in [0.29, 0.717) is 6.29 Å². The third-order valence-corrected chi connectivity index (χ3v) is 4.84. The van der Waals surface area contributed by atoms with Crippen LogP contribution in [0.5, 0.6) is 0 Å². The van der Waals surface area contributed by atoms with Gasteiger partial charge < -0.3 is 19.5 Å². The summed E-state index contributed by atoms with van der Waals surface area (Å²) in [4.78, 5) is 29.7. The van der Waals surface area contributed by atoms with Gasteiger partial charge in [0.05, 0.1) is 6.61 Å². The number of carbonyl (C=O) groups excluding carboxylic acids is 2. The van der Waals surface area contributed by atoms with Gasteiger partial charge in [0.1, 0.15) is 12.2 Å². The monoisotopic (exact) mass is 275 g/mol. The van der Waals surface area contributed by atoms with Gasteiger partial charge in [-0.25, -0.2) is 0 Å². The number of carbonyl (C=O) groups is 2. The second-order valence-corrected chi connectivity index (χ2v) is 7.30. The predicted octanol–water partition coefficient (Wildman–Crippen LogP) is 0.336. The minimum Gasteiger partial charge on any atom is -0.353 e. The molecule has 0 aliphatic rings. The van der Waals surface area contributed by atoms with E-state index in [1.165, 1.54) is 0 Å². The summed E-state index contributed by atoms with van der Waals surface area (Å²) >= 11 is 5.19. The van der Waals surface area contributed by atoms with Gasteiger partial charge >= 0.3 is 7.28 Å². The average molecular weight is 276 g/mol. The van der Waals surface area contributed by atoms with Crippen molar-refractivity contribution in [1.29, 1.82) is 0 Å². The zero-order valence-electron chi connectivity index (χ0n) is 7.81. The van der Waals surface area contributed by atoms with Crippen LogP contribution in [-0.2, 0) is 18.7 Å². The van der Waals surface area contributed by atoms with Crippen LogP contribution in [-0.4, -0.2) is 42.3 Å². The van der Waals surface area contributed by atoms with Crippen molar-refractivity contribution in [1.82, 2.24) is 5.32 Å². The van der Waals surface area contributed by atoms with Crippen molar-refractivity contribution in [2.75, 3.05) is 25.2 Å². The molecule has 6 nitrogen and oxygen atoms in total. The van der Waals surface area contributed by atoms with Gasteiger partial charge in [0.15, 0.2) is 0 Å². The van der Waals surface area contributed by atoms with E-state index in [-0.39, 0.29) is 31.1 Å². The molecule has 0 aromatic rings. The summed E-state index contributed by atoms with van der Waals surface area (Å²) in [6.07, 6.45) is 0.557. The molecule has 0 aromatic carbocycles. The van der Waals surface area contributed by atoms with Crippen LogP contribution in [0.25, 0.3) is 0 Å². The molecule has 0 aromatic heterocycles.